The van der Waals surface area contributed by atoms with Gasteiger partial charge in [-0.25, -0.2) is 0 Å². The van der Waals surface area contributed by atoms with Gasteiger partial charge in [0.1, 0.15) is 5.75 Å². The van der Waals surface area contributed by atoms with Crippen molar-refractivity contribution in [3.05, 3.63) is 63.1 Å². The van der Waals surface area contributed by atoms with Crippen LogP contribution in [0.4, 0.5) is 0 Å². The van der Waals surface area contributed by atoms with Crippen molar-refractivity contribution in [3.63, 3.8) is 0 Å². The normalized spacial score (nSPS) is 12.5. The van der Waals surface area contributed by atoms with Crippen LogP contribution in [0.3, 0.4) is 0 Å². The van der Waals surface area contributed by atoms with Gasteiger partial charge in [0, 0.05) is 23.9 Å². The third-order valence-electron chi connectivity index (χ3n) is 4.02. The maximum absolute atomic E-state index is 12.6. The van der Waals surface area contributed by atoms with Gasteiger partial charge in [0.2, 0.25) is 0 Å². The molecule has 1 heterocycles. The lowest BCUT2D eigenvalue weighted by molar-refractivity contribution is 0.407. The van der Waals surface area contributed by atoms with E-state index < -0.39 is 6.04 Å². The molecule has 0 saturated carbocycles. The maximum Gasteiger partial charge on any atom is 0.255 e. The van der Waals surface area contributed by atoms with Gasteiger partial charge in [-0.1, -0.05) is 31.5 Å². The Balaban J connectivity index is 2.55. The number of hydrogen-bond donors (Lipinski definition) is 1. The lowest BCUT2D eigenvalue weighted by Crippen LogP contribution is -2.29. The highest BCUT2D eigenvalue weighted by atomic mass is 16.5. The molecular formula is C18H24N2O2. The second kappa shape index (κ2) is 6.36. The van der Waals surface area contributed by atoms with Gasteiger partial charge in [0.05, 0.1) is 13.2 Å². The van der Waals surface area contributed by atoms with Crippen molar-refractivity contribution >= 4 is 0 Å². The first-order chi connectivity index (χ1) is 10.4. The van der Waals surface area contributed by atoms with Gasteiger partial charge in [0.15, 0.2) is 0 Å². The van der Waals surface area contributed by atoms with E-state index in [1.807, 2.05) is 37.3 Å². The molecule has 1 atom stereocenters. The Labute approximate surface area is 131 Å². The van der Waals surface area contributed by atoms with Crippen LogP contribution in [0.2, 0.25) is 0 Å². The highest BCUT2D eigenvalue weighted by molar-refractivity contribution is 5.43. The summed E-state index contributed by atoms with van der Waals surface area (Å²) in [5, 5.41) is 0. The zero-order chi connectivity index (χ0) is 16.4. The molecule has 4 heteroatoms. The Morgan fingerprint density at radius 2 is 1.82 bits per heavy atom. The molecule has 2 aromatic rings. The molecule has 0 amide bonds. The number of pyridine rings is 1. The minimum absolute atomic E-state index is 0.0535. The quantitative estimate of drug-likeness (QED) is 0.944. The molecule has 1 aromatic heterocycles. The van der Waals surface area contributed by atoms with E-state index in [1.54, 1.807) is 18.7 Å². The fourth-order valence-corrected chi connectivity index (χ4v) is 2.75. The summed E-state index contributed by atoms with van der Waals surface area (Å²) in [6.45, 7) is 6.13. The number of methoxy groups -OCH3 is 1. The molecule has 0 radical (unpaired) electrons. The monoisotopic (exact) mass is 300 g/mol. The summed E-state index contributed by atoms with van der Waals surface area (Å²) < 4.78 is 7.07. The number of benzene rings is 1. The van der Waals surface area contributed by atoms with Crippen molar-refractivity contribution in [1.82, 2.24) is 4.57 Å². The minimum Gasteiger partial charge on any atom is -0.496 e. The second-order valence-corrected chi connectivity index (χ2v) is 5.96. The first kappa shape index (κ1) is 16.3. The van der Waals surface area contributed by atoms with Crippen LogP contribution >= 0.6 is 0 Å². The van der Waals surface area contributed by atoms with E-state index >= 15 is 0 Å². The summed E-state index contributed by atoms with van der Waals surface area (Å²) in [5.41, 5.74) is 9.80. The van der Waals surface area contributed by atoms with Crippen LogP contribution in [-0.2, 0) is 7.05 Å². The van der Waals surface area contributed by atoms with Crippen molar-refractivity contribution < 1.29 is 4.74 Å². The van der Waals surface area contributed by atoms with E-state index in [1.165, 1.54) is 0 Å². The van der Waals surface area contributed by atoms with Gasteiger partial charge in [0.25, 0.3) is 5.56 Å². The van der Waals surface area contributed by atoms with E-state index in [2.05, 4.69) is 13.8 Å². The van der Waals surface area contributed by atoms with Gasteiger partial charge >= 0.3 is 0 Å². The Bertz CT molecular complexity index is 732. The van der Waals surface area contributed by atoms with Crippen LogP contribution in [0.1, 0.15) is 48.2 Å². The average molecular weight is 300 g/mol. The molecule has 4 nitrogen and oxygen atoms in total. The lowest BCUT2D eigenvalue weighted by atomic mass is 9.97. The van der Waals surface area contributed by atoms with E-state index in [-0.39, 0.29) is 11.5 Å². The standard InChI is InChI=1S/C18H24N2O2/c1-11(2)15-8-7-13(18(21)20(15)4)17(19)14-10-12(3)6-9-16(14)22-5/h6-11,17H,19H2,1-5H3. The van der Waals surface area contributed by atoms with E-state index in [0.29, 0.717) is 11.3 Å². The Hall–Kier alpha value is -2.07. The second-order valence-electron chi connectivity index (χ2n) is 5.96. The number of nitrogens with two attached hydrogens (primary N) is 1. The van der Waals surface area contributed by atoms with E-state index in [0.717, 1.165) is 16.8 Å². The zero-order valence-electron chi connectivity index (χ0n) is 13.9. The molecule has 0 fully saturated rings. The highest BCUT2D eigenvalue weighted by Crippen LogP contribution is 2.28. The van der Waals surface area contributed by atoms with Gasteiger partial charge < -0.3 is 15.0 Å². The van der Waals surface area contributed by atoms with Gasteiger partial charge in [-0.05, 0) is 31.0 Å². The van der Waals surface area contributed by atoms with Crippen LogP contribution in [0.5, 0.6) is 5.75 Å². The van der Waals surface area contributed by atoms with Crippen molar-refractivity contribution in [3.8, 4) is 5.75 Å². The predicted molar refractivity (Wildman–Crippen MR) is 89.5 cm³/mol. The molecule has 0 aliphatic carbocycles. The molecule has 1 unspecified atom stereocenters. The summed E-state index contributed by atoms with van der Waals surface area (Å²) in [6.07, 6.45) is 0. The third-order valence-corrected chi connectivity index (χ3v) is 4.02. The summed E-state index contributed by atoms with van der Waals surface area (Å²) in [7, 11) is 3.40. The molecule has 2 N–H and O–H groups in total. The van der Waals surface area contributed by atoms with Crippen molar-refractivity contribution in [2.45, 2.75) is 32.7 Å². The molecule has 0 spiro atoms. The lowest BCUT2D eigenvalue weighted by Gasteiger charge is -2.19. The molecule has 22 heavy (non-hydrogen) atoms. The minimum atomic E-state index is -0.505. The average Bonchev–Trinajstić information content (AvgIpc) is 2.48. The van der Waals surface area contributed by atoms with Crippen molar-refractivity contribution in [2.24, 2.45) is 12.8 Å². The number of rotatable bonds is 4. The molecule has 2 rings (SSSR count). The fourth-order valence-electron chi connectivity index (χ4n) is 2.75. The van der Waals surface area contributed by atoms with Crippen molar-refractivity contribution in [1.29, 1.82) is 0 Å². The number of nitrogens with zero attached hydrogens (tertiary/aromatic N) is 1. The SMILES string of the molecule is COc1ccc(C)cc1C(N)c1ccc(C(C)C)n(C)c1=O. The molecule has 1 aromatic carbocycles. The first-order valence-corrected chi connectivity index (χ1v) is 7.46. The fraction of sp³-hybridized carbons (Fsp3) is 0.389. The maximum atomic E-state index is 12.6. The molecule has 0 saturated heterocycles. The third kappa shape index (κ3) is 2.92. The highest BCUT2D eigenvalue weighted by Gasteiger charge is 2.19. The van der Waals surface area contributed by atoms with Crippen LogP contribution < -0.4 is 16.0 Å². The molecular weight excluding hydrogens is 276 g/mol. The van der Waals surface area contributed by atoms with Crippen LogP contribution in [-0.4, -0.2) is 11.7 Å². The number of aromatic nitrogens is 1. The predicted octanol–water partition coefficient (Wildman–Crippen LogP) is 2.87. The van der Waals surface area contributed by atoms with Crippen LogP contribution in [0.15, 0.2) is 35.1 Å². The largest absolute Gasteiger partial charge is 0.496 e. The first-order valence-electron chi connectivity index (χ1n) is 7.46. The van der Waals surface area contributed by atoms with Crippen LogP contribution in [0, 0.1) is 6.92 Å². The van der Waals surface area contributed by atoms with Crippen LogP contribution in [0.25, 0.3) is 0 Å². The van der Waals surface area contributed by atoms with Gasteiger partial charge in [-0.3, -0.25) is 4.79 Å². The molecule has 0 bridgehead atoms. The zero-order valence-corrected chi connectivity index (χ0v) is 13.9. The summed E-state index contributed by atoms with van der Waals surface area (Å²) in [4.78, 5) is 12.6. The van der Waals surface area contributed by atoms with E-state index in [4.69, 9.17) is 10.5 Å². The molecule has 0 aliphatic rings. The van der Waals surface area contributed by atoms with Gasteiger partial charge in [-0.15, -0.1) is 0 Å². The summed E-state index contributed by atoms with van der Waals surface area (Å²) in [6, 6.07) is 9.13. The van der Waals surface area contributed by atoms with Crippen molar-refractivity contribution in [2.75, 3.05) is 7.11 Å². The molecule has 0 aliphatic heterocycles. The van der Waals surface area contributed by atoms with Gasteiger partial charge in [-0.2, -0.15) is 0 Å². The smallest absolute Gasteiger partial charge is 0.255 e. The summed E-state index contributed by atoms with van der Waals surface area (Å²) >= 11 is 0. The number of ether oxygens (including phenoxy) is 1. The Morgan fingerprint density at radius 1 is 1.14 bits per heavy atom. The van der Waals surface area contributed by atoms with E-state index in [9.17, 15) is 4.79 Å². The Kier molecular flexibility index (Phi) is 4.71. The Morgan fingerprint density at radius 3 is 2.41 bits per heavy atom. The molecule has 118 valence electrons. The number of aryl methyl sites for hydroxylation is 1. The summed E-state index contributed by atoms with van der Waals surface area (Å²) in [5.74, 6) is 0.990. The number of hydrogen-bond acceptors (Lipinski definition) is 3. The topological polar surface area (TPSA) is 57.2 Å².